The van der Waals surface area contributed by atoms with Crippen LogP contribution in [0.1, 0.15) is 43.9 Å². The zero-order valence-corrected chi connectivity index (χ0v) is 11.1. The van der Waals surface area contributed by atoms with Gasteiger partial charge in [0.1, 0.15) is 0 Å². The molecule has 3 heteroatoms. The number of hydrogen-bond donors (Lipinski definition) is 1. The maximum atomic E-state index is 5.80. The van der Waals surface area contributed by atoms with Crippen molar-refractivity contribution in [1.29, 1.82) is 0 Å². The maximum Gasteiger partial charge on any atom is 0.213 e. The van der Waals surface area contributed by atoms with Gasteiger partial charge in [0, 0.05) is 24.3 Å². The van der Waals surface area contributed by atoms with Crippen LogP contribution >= 0.6 is 0 Å². The molecule has 0 saturated heterocycles. The fraction of sp³-hybridized carbons (Fsp3) is 0.667. The Balaban J connectivity index is 1.63. The highest BCUT2D eigenvalue weighted by Gasteiger charge is 2.22. The number of nitrogens with one attached hydrogen (secondary N) is 1. The van der Waals surface area contributed by atoms with E-state index < -0.39 is 0 Å². The third-order valence-electron chi connectivity index (χ3n) is 3.61. The van der Waals surface area contributed by atoms with Gasteiger partial charge in [-0.15, -0.1) is 0 Å². The Hall–Kier alpha value is -1.09. The van der Waals surface area contributed by atoms with Crippen molar-refractivity contribution in [3.05, 3.63) is 23.4 Å². The first kappa shape index (κ1) is 12.0. The monoisotopic (exact) mass is 246 g/mol. The predicted octanol–water partition coefficient (Wildman–Crippen LogP) is 2.68. The average molecular weight is 246 g/mol. The van der Waals surface area contributed by atoms with E-state index in [9.17, 15) is 0 Å². The van der Waals surface area contributed by atoms with E-state index in [2.05, 4.69) is 29.4 Å². The molecule has 0 spiro atoms. The first-order chi connectivity index (χ1) is 8.83. The van der Waals surface area contributed by atoms with Gasteiger partial charge in [0.2, 0.25) is 5.88 Å². The van der Waals surface area contributed by atoms with Crippen LogP contribution in [-0.2, 0) is 13.0 Å². The van der Waals surface area contributed by atoms with Crippen LogP contribution in [0, 0.1) is 5.92 Å². The molecule has 1 aromatic heterocycles. The van der Waals surface area contributed by atoms with Crippen molar-refractivity contribution >= 4 is 0 Å². The number of aryl methyl sites for hydroxylation is 1. The average Bonchev–Trinajstić information content (AvgIpc) is 3.28. The molecule has 18 heavy (non-hydrogen) atoms. The Bertz CT molecular complexity index is 377. The number of rotatable bonds is 7. The molecule has 0 unspecified atom stereocenters. The predicted molar refractivity (Wildman–Crippen MR) is 71.7 cm³/mol. The summed E-state index contributed by atoms with van der Waals surface area (Å²) in [6.07, 6.45) is 6.28. The molecule has 3 nitrogen and oxygen atoms in total. The van der Waals surface area contributed by atoms with E-state index in [1.165, 1.54) is 31.2 Å². The number of nitrogens with zero attached hydrogens (tertiary/aromatic N) is 1. The first-order valence-electron chi connectivity index (χ1n) is 7.19. The van der Waals surface area contributed by atoms with E-state index in [1.54, 1.807) is 0 Å². The third kappa shape index (κ3) is 3.45. The van der Waals surface area contributed by atoms with Gasteiger partial charge in [-0.1, -0.05) is 6.92 Å². The summed E-state index contributed by atoms with van der Waals surface area (Å²) < 4.78 is 5.80. The summed E-state index contributed by atoms with van der Waals surface area (Å²) in [6.45, 7) is 3.93. The summed E-state index contributed by atoms with van der Waals surface area (Å²) in [5.41, 5.74) is 2.44. The lowest BCUT2D eigenvalue weighted by Crippen LogP contribution is -2.16. The Morgan fingerprint density at radius 3 is 2.78 bits per heavy atom. The molecule has 1 aromatic rings. The number of pyridine rings is 1. The van der Waals surface area contributed by atoms with Crippen LogP contribution in [0.3, 0.4) is 0 Å². The Morgan fingerprint density at radius 2 is 2.11 bits per heavy atom. The van der Waals surface area contributed by atoms with Crippen LogP contribution in [0.25, 0.3) is 0 Å². The van der Waals surface area contributed by atoms with Gasteiger partial charge in [-0.25, -0.2) is 4.98 Å². The van der Waals surface area contributed by atoms with Crippen molar-refractivity contribution in [2.24, 2.45) is 5.92 Å². The van der Waals surface area contributed by atoms with Crippen LogP contribution < -0.4 is 10.1 Å². The smallest absolute Gasteiger partial charge is 0.213 e. The second kappa shape index (κ2) is 5.27. The number of aromatic nitrogens is 1. The number of ether oxygens (including phenoxy) is 1. The molecule has 0 aliphatic heterocycles. The van der Waals surface area contributed by atoms with Gasteiger partial charge >= 0.3 is 0 Å². The molecule has 0 atom stereocenters. The topological polar surface area (TPSA) is 34.1 Å². The molecule has 3 rings (SSSR count). The van der Waals surface area contributed by atoms with Gasteiger partial charge in [-0.2, -0.15) is 0 Å². The molecule has 1 heterocycles. The van der Waals surface area contributed by atoms with Crippen molar-refractivity contribution < 1.29 is 4.74 Å². The largest absolute Gasteiger partial charge is 0.477 e. The van der Waals surface area contributed by atoms with Crippen LogP contribution in [0.4, 0.5) is 0 Å². The molecule has 0 bridgehead atoms. The normalized spacial score (nSPS) is 18.9. The molecular weight excluding hydrogens is 224 g/mol. The van der Waals surface area contributed by atoms with E-state index in [0.29, 0.717) is 0 Å². The molecule has 1 N–H and O–H groups in total. The van der Waals surface area contributed by atoms with Crippen molar-refractivity contribution in [3.8, 4) is 5.88 Å². The van der Waals surface area contributed by atoms with Gasteiger partial charge in [-0.3, -0.25) is 0 Å². The highest BCUT2D eigenvalue weighted by molar-refractivity contribution is 5.25. The van der Waals surface area contributed by atoms with Gasteiger partial charge in [0.25, 0.3) is 0 Å². The van der Waals surface area contributed by atoms with E-state index in [-0.39, 0.29) is 0 Å². The van der Waals surface area contributed by atoms with Crippen molar-refractivity contribution in [2.75, 3.05) is 6.61 Å². The van der Waals surface area contributed by atoms with Crippen molar-refractivity contribution in [1.82, 2.24) is 10.3 Å². The van der Waals surface area contributed by atoms with Gasteiger partial charge < -0.3 is 10.1 Å². The summed E-state index contributed by atoms with van der Waals surface area (Å²) in [5, 5.41) is 3.55. The van der Waals surface area contributed by atoms with Crippen LogP contribution in [0.5, 0.6) is 5.88 Å². The fourth-order valence-corrected chi connectivity index (χ4v) is 2.01. The summed E-state index contributed by atoms with van der Waals surface area (Å²) >= 11 is 0. The zero-order valence-electron chi connectivity index (χ0n) is 11.1. The highest BCUT2D eigenvalue weighted by Crippen LogP contribution is 2.29. The summed E-state index contributed by atoms with van der Waals surface area (Å²) in [7, 11) is 0. The van der Waals surface area contributed by atoms with E-state index >= 15 is 0 Å². The molecule has 2 aliphatic rings. The summed E-state index contributed by atoms with van der Waals surface area (Å²) in [4.78, 5) is 4.54. The van der Waals surface area contributed by atoms with Gasteiger partial charge in [0.05, 0.1) is 6.61 Å². The van der Waals surface area contributed by atoms with E-state index in [1.807, 2.05) is 0 Å². The van der Waals surface area contributed by atoms with E-state index in [4.69, 9.17) is 4.74 Å². The summed E-state index contributed by atoms with van der Waals surface area (Å²) in [6, 6.07) is 5.04. The van der Waals surface area contributed by atoms with Crippen molar-refractivity contribution in [3.63, 3.8) is 0 Å². The number of hydrogen-bond acceptors (Lipinski definition) is 3. The van der Waals surface area contributed by atoms with Gasteiger partial charge in [0.15, 0.2) is 0 Å². The standard InChI is InChI=1S/C15H22N2O/c1-2-13-7-12(9-16-14-5-6-14)8-15(17-13)18-10-11-3-4-11/h7-8,11,14,16H,2-6,9-10H2,1H3. The zero-order chi connectivity index (χ0) is 12.4. The van der Waals surface area contributed by atoms with Crippen LogP contribution in [0.15, 0.2) is 12.1 Å². The Kier molecular flexibility index (Phi) is 3.50. The minimum atomic E-state index is 0.749. The molecule has 2 aliphatic carbocycles. The molecule has 0 amide bonds. The second-order valence-electron chi connectivity index (χ2n) is 5.57. The molecule has 0 radical (unpaired) electrons. The fourth-order valence-electron chi connectivity index (χ4n) is 2.01. The van der Waals surface area contributed by atoms with Crippen LogP contribution in [-0.4, -0.2) is 17.6 Å². The Labute approximate surface area is 109 Å². The van der Waals surface area contributed by atoms with Crippen molar-refractivity contribution in [2.45, 2.75) is 51.6 Å². The second-order valence-corrected chi connectivity index (χ2v) is 5.57. The quantitative estimate of drug-likeness (QED) is 0.803. The van der Waals surface area contributed by atoms with Crippen LogP contribution in [0.2, 0.25) is 0 Å². The third-order valence-corrected chi connectivity index (χ3v) is 3.61. The lowest BCUT2D eigenvalue weighted by molar-refractivity contribution is 0.287. The molecular formula is C15H22N2O. The highest BCUT2D eigenvalue weighted by atomic mass is 16.5. The Morgan fingerprint density at radius 1 is 1.28 bits per heavy atom. The minimum Gasteiger partial charge on any atom is -0.477 e. The molecule has 98 valence electrons. The summed E-state index contributed by atoms with van der Waals surface area (Å²) in [5.74, 6) is 1.60. The van der Waals surface area contributed by atoms with Gasteiger partial charge in [-0.05, 0) is 49.7 Å². The maximum absolute atomic E-state index is 5.80. The molecule has 2 fully saturated rings. The minimum absolute atomic E-state index is 0.749. The first-order valence-corrected chi connectivity index (χ1v) is 7.19. The molecule has 0 aromatic carbocycles. The molecule has 2 saturated carbocycles. The lowest BCUT2D eigenvalue weighted by Gasteiger charge is -2.10. The lowest BCUT2D eigenvalue weighted by atomic mass is 10.2. The van der Waals surface area contributed by atoms with E-state index in [0.717, 1.165) is 43.1 Å². The SMILES string of the molecule is CCc1cc(CNC2CC2)cc(OCC2CC2)n1.